The highest BCUT2D eigenvalue weighted by atomic mass is 32.2. The van der Waals surface area contributed by atoms with E-state index < -0.39 is 18.1 Å². The van der Waals surface area contributed by atoms with Crippen LogP contribution in [0.25, 0.3) is 11.1 Å². The van der Waals surface area contributed by atoms with Gasteiger partial charge in [0.15, 0.2) is 0 Å². The molecule has 1 N–H and O–H groups in total. The van der Waals surface area contributed by atoms with Crippen LogP contribution < -0.4 is 0 Å². The Morgan fingerprint density at radius 2 is 1.67 bits per heavy atom. The van der Waals surface area contributed by atoms with Crippen LogP contribution in [0.2, 0.25) is 0 Å². The van der Waals surface area contributed by atoms with E-state index in [0.717, 1.165) is 22.3 Å². The first-order valence-corrected chi connectivity index (χ1v) is 10.2. The average Bonchev–Trinajstić information content (AvgIpc) is 3.00. The number of ether oxygens (including phenoxy) is 1. The van der Waals surface area contributed by atoms with Gasteiger partial charge in [0.25, 0.3) is 0 Å². The molecule has 0 heterocycles. The predicted octanol–water partition coefficient (Wildman–Crippen LogP) is 4.07. The second-order valence-electron chi connectivity index (χ2n) is 6.55. The van der Waals surface area contributed by atoms with Crippen LogP contribution in [0.1, 0.15) is 23.5 Å². The number of thioether (sulfide) groups is 1. The topological polar surface area (TPSA) is 66.8 Å². The summed E-state index contributed by atoms with van der Waals surface area (Å²) < 4.78 is 5.53. The van der Waals surface area contributed by atoms with Crippen molar-refractivity contribution in [2.75, 3.05) is 25.7 Å². The number of carbonyl (C=O) groups excluding carboxylic acids is 1. The number of likely N-dealkylation sites (N-methyl/N-ethyl adjacent to an activating group) is 1. The molecule has 0 unspecified atom stereocenters. The zero-order valence-electron chi connectivity index (χ0n) is 15.4. The molecule has 1 amide bonds. The fourth-order valence-electron chi connectivity index (χ4n) is 3.54. The van der Waals surface area contributed by atoms with Crippen LogP contribution in [0, 0.1) is 0 Å². The number of benzene rings is 2. The molecule has 3 rings (SSSR count). The molecule has 2 aromatic carbocycles. The van der Waals surface area contributed by atoms with Crippen LogP contribution in [0.15, 0.2) is 48.5 Å². The summed E-state index contributed by atoms with van der Waals surface area (Å²) in [4.78, 5) is 25.1. The maximum Gasteiger partial charge on any atom is 0.410 e. The first kappa shape index (κ1) is 19.3. The number of amides is 1. The van der Waals surface area contributed by atoms with Gasteiger partial charge in [-0.05, 0) is 40.7 Å². The molecule has 1 atom stereocenters. The van der Waals surface area contributed by atoms with Gasteiger partial charge in [0.1, 0.15) is 12.6 Å². The molecule has 1 aliphatic rings. The molecule has 0 fully saturated rings. The third-order valence-electron chi connectivity index (χ3n) is 4.97. The Hall–Kier alpha value is -2.47. The fraction of sp³-hybridized carbons (Fsp3) is 0.333. The summed E-state index contributed by atoms with van der Waals surface area (Å²) in [6.45, 7) is 0.187. The van der Waals surface area contributed by atoms with E-state index >= 15 is 0 Å². The molecule has 0 aromatic heterocycles. The molecule has 0 saturated heterocycles. The summed E-state index contributed by atoms with van der Waals surface area (Å²) in [7, 11) is 1.48. The number of aliphatic carboxylic acids is 1. The molecule has 0 radical (unpaired) electrons. The molecular weight excluding hydrogens is 362 g/mol. The van der Waals surface area contributed by atoms with Crippen molar-refractivity contribution in [1.29, 1.82) is 0 Å². The van der Waals surface area contributed by atoms with Gasteiger partial charge in [0.05, 0.1) is 0 Å². The van der Waals surface area contributed by atoms with Crippen LogP contribution in [-0.4, -0.2) is 53.8 Å². The summed E-state index contributed by atoms with van der Waals surface area (Å²) in [5, 5.41) is 9.40. The monoisotopic (exact) mass is 385 g/mol. The number of carboxylic acids is 1. The van der Waals surface area contributed by atoms with Gasteiger partial charge in [-0.1, -0.05) is 48.5 Å². The Balaban J connectivity index is 1.73. The number of carbonyl (C=O) groups is 2. The number of nitrogens with zero attached hydrogens (tertiary/aromatic N) is 1. The van der Waals surface area contributed by atoms with Crippen molar-refractivity contribution in [3.05, 3.63) is 59.7 Å². The summed E-state index contributed by atoms with van der Waals surface area (Å²) in [5.41, 5.74) is 4.58. The lowest BCUT2D eigenvalue weighted by Gasteiger charge is -2.25. The highest BCUT2D eigenvalue weighted by molar-refractivity contribution is 7.98. The Labute approximate surface area is 163 Å². The molecule has 27 heavy (non-hydrogen) atoms. The van der Waals surface area contributed by atoms with Gasteiger partial charge in [0, 0.05) is 13.0 Å². The third kappa shape index (κ3) is 3.95. The van der Waals surface area contributed by atoms with Crippen LogP contribution in [0.4, 0.5) is 4.79 Å². The number of fused-ring (bicyclic) bond motifs is 3. The molecule has 142 valence electrons. The Bertz CT molecular complexity index is 793. The summed E-state index contributed by atoms with van der Waals surface area (Å²) in [6, 6.07) is 15.3. The maximum absolute atomic E-state index is 12.5. The van der Waals surface area contributed by atoms with Crippen molar-refractivity contribution in [2.45, 2.75) is 18.4 Å². The molecule has 2 aromatic rings. The smallest absolute Gasteiger partial charge is 0.410 e. The van der Waals surface area contributed by atoms with Gasteiger partial charge in [-0.15, -0.1) is 0 Å². The summed E-state index contributed by atoms with van der Waals surface area (Å²) >= 11 is 1.55. The van der Waals surface area contributed by atoms with Crippen molar-refractivity contribution in [1.82, 2.24) is 4.90 Å². The zero-order chi connectivity index (χ0) is 19.4. The lowest BCUT2D eigenvalue weighted by Crippen LogP contribution is -2.43. The summed E-state index contributed by atoms with van der Waals surface area (Å²) in [6.07, 6.45) is 1.69. The number of carboxylic acid groups (broad SMARTS) is 1. The molecule has 0 aliphatic heterocycles. The third-order valence-corrected chi connectivity index (χ3v) is 5.62. The van der Waals surface area contributed by atoms with E-state index in [2.05, 4.69) is 24.3 Å². The molecule has 0 saturated carbocycles. The van der Waals surface area contributed by atoms with Gasteiger partial charge >= 0.3 is 12.1 Å². The van der Waals surface area contributed by atoms with E-state index in [1.807, 2.05) is 30.5 Å². The lowest BCUT2D eigenvalue weighted by atomic mass is 9.98. The van der Waals surface area contributed by atoms with Crippen molar-refractivity contribution >= 4 is 23.8 Å². The van der Waals surface area contributed by atoms with Crippen LogP contribution in [-0.2, 0) is 9.53 Å². The van der Waals surface area contributed by atoms with E-state index in [1.54, 1.807) is 11.8 Å². The van der Waals surface area contributed by atoms with E-state index in [4.69, 9.17) is 4.74 Å². The molecule has 5 nitrogen and oxygen atoms in total. The highest BCUT2D eigenvalue weighted by Crippen LogP contribution is 2.44. The van der Waals surface area contributed by atoms with E-state index in [9.17, 15) is 14.7 Å². The van der Waals surface area contributed by atoms with Crippen molar-refractivity contribution in [3.63, 3.8) is 0 Å². The van der Waals surface area contributed by atoms with E-state index in [0.29, 0.717) is 12.2 Å². The second kappa shape index (κ2) is 8.48. The minimum absolute atomic E-state index is 0.0378. The first-order valence-electron chi connectivity index (χ1n) is 8.84. The average molecular weight is 385 g/mol. The van der Waals surface area contributed by atoms with Gasteiger partial charge in [-0.2, -0.15) is 11.8 Å². The SMILES string of the molecule is CSCC[C@H](C(=O)O)N(C)C(=O)OCC1c2ccccc2-c2ccccc21. The minimum atomic E-state index is -1.01. The first-order chi connectivity index (χ1) is 13.0. The standard InChI is InChI=1S/C21H23NO4S/c1-22(19(20(23)24)11-12-27-2)21(25)26-13-18-16-9-5-3-7-14(16)15-8-4-6-10-17(15)18/h3-10,18-19H,11-13H2,1-2H3,(H,23,24)/t19-/m1/s1. The fourth-order valence-corrected chi connectivity index (χ4v) is 3.99. The quantitative estimate of drug-likeness (QED) is 0.778. The minimum Gasteiger partial charge on any atom is -0.480 e. The molecule has 1 aliphatic carbocycles. The van der Waals surface area contributed by atoms with Gasteiger partial charge in [-0.25, -0.2) is 9.59 Å². The Morgan fingerprint density at radius 3 is 2.19 bits per heavy atom. The van der Waals surface area contributed by atoms with Crippen LogP contribution in [0.3, 0.4) is 0 Å². The van der Waals surface area contributed by atoms with Gasteiger partial charge in [-0.3, -0.25) is 4.90 Å². The lowest BCUT2D eigenvalue weighted by molar-refractivity contribution is -0.142. The van der Waals surface area contributed by atoms with Crippen molar-refractivity contribution < 1.29 is 19.4 Å². The second-order valence-corrected chi connectivity index (χ2v) is 7.54. The highest BCUT2D eigenvalue weighted by Gasteiger charge is 2.31. The van der Waals surface area contributed by atoms with Gasteiger partial charge < -0.3 is 9.84 Å². The van der Waals surface area contributed by atoms with Crippen molar-refractivity contribution in [3.8, 4) is 11.1 Å². The molecular formula is C21H23NO4S. The molecule has 0 spiro atoms. The summed E-state index contributed by atoms with van der Waals surface area (Å²) in [5.74, 6) is -0.387. The molecule has 0 bridgehead atoms. The normalized spacial score (nSPS) is 13.6. The van der Waals surface area contributed by atoms with E-state index in [1.165, 1.54) is 11.9 Å². The number of hydrogen-bond donors (Lipinski definition) is 1. The van der Waals surface area contributed by atoms with E-state index in [-0.39, 0.29) is 12.5 Å². The molecule has 6 heteroatoms. The number of hydrogen-bond acceptors (Lipinski definition) is 4. The van der Waals surface area contributed by atoms with Gasteiger partial charge in [0.2, 0.25) is 0 Å². The largest absolute Gasteiger partial charge is 0.480 e. The Morgan fingerprint density at radius 1 is 1.11 bits per heavy atom. The zero-order valence-corrected chi connectivity index (χ0v) is 16.2. The Kier molecular flexibility index (Phi) is 6.06. The predicted molar refractivity (Wildman–Crippen MR) is 107 cm³/mol. The number of rotatable bonds is 7. The van der Waals surface area contributed by atoms with Crippen molar-refractivity contribution in [2.24, 2.45) is 0 Å². The van der Waals surface area contributed by atoms with Crippen LogP contribution >= 0.6 is 11.8 Å². The van der Waals surface area contributed by atoms with Crippen LogP contribution in [0.5, 0.6) is 0 Å². The maximum atomic E-state index is 12.5.